The Morgan fingerprint density at radius 1 is 1.32 bits per heavy atom. The monoisotopic (exact) mass is 381 g/mol. The van der Waals surface area contributed by atoms with E-state index < -0.39 is 0 Å². The van der Waals surface area contributed by atoms with Crippen molar-refractivity contribution in [2.75, 3.05) is 38.6 Å². The van der Waals surface area contributed by atoms with Gasteiger partial charge in [-0.3, -0.25) is 4.79 Å². The molecule has 4 rings (SSSR count). The third-order valence-electron chi connectivity index (χ3n) is 5.19. The second-order valence-corrected chi connectivity index (χ2v) is 7.49. The van der Waals surface area contributed by atoms with Crippen LogP contribution < -0.4 is 10.2 Å². The molecule has 146 valence electrons. The summed E-state index contributed by atoms with van der Waals surface area (Å²) in [6, 6.07) is 4.86. The van der Waals surface area contributed by atoms with E-state index >= 15 is 0 Å². The lowest BCUT2D eigenvalue weighted by atomic mass is 10.1. The molecule has 1 N–H and O–H groups in total. The van der Waals surface area contributed by atoms with E-state index in [-0.39, 0.29) is 11.7 Å². The Hall–Kier alpha value is -2.80. The van der Waals surface area contributed by atoms with Gasteiger partial charge in [0.1, 0.15) is 18.0 Å². The van der Waals surface area contributed by atoms with Crippen molar-refractivity contribution in [2.24, 2.45) is 0 Å². The number of aromatic nitrogens is 2. The molecule has 2 heterocycles. The average molecular weight is 381 g/mol. The topological polar surface area (TPSA) is 61.4 Å². The Morgan fingerprint density at radius 3 is 3.00 bits per heavy atom. The van der Waals surface area contributed by atoms with Gasteiger partial charge in [-0.05, 0) is 63.3 Å². The van der Waals surface area contributed by atoms with Gasteiger partial charge < -0.3 is 15.1 Å². The molecular formula is C21H24FN5O. The van der Waals surface area contributed by atoms with Crippen molar-refractivity contribution in [3.63, 3.8) is 0 Å². The van der Waals surface area contributed by atoms with E-state index in [9.17, 15) is 9.18 Å². The largest absolute Gasteiger partial charge is 0.352 e. The van der Waals surface area contributed by atoms with Gasteiger partial charge in [0.2, 0.25) is 5.91 Å². The molecular weight excluding hydrogens is 357 g/mol. The van der Waals surface area contributed by atoms with Crippen molar-refractivity contribution in [2.45, 2.75) is 19.3 Å². The average Bonchev–Trinajstić information content (AvgIpc) is 3.28. The Kier molecular flexibility index (Phi) is 5.09. The number of benzene rings is 1. The third-order valence-corrected chi connectivity index (χ3v) is 5.19. The number of hydrogen-bond donors (Lipinski definition) is 1. The highest BCUT2D eigenvalue weighted by Gasteiger charge is 2.29. The van der Waals surface area contributed by atoms with Crippen LogP contribution in [0.3, 0.4) is 0 Å². The Labute approximate surface area is 164 Å². The second-order valence-electron chi connectivity index (χ2n) is 7.49. The number of nitrogens with zero attached hydrogens (tertiary/aromatic N) is 4. The summed E-state index contributed by atoms with van der Waals surface area (Å²) in [4.78, 5) is 25.6. The van der Waals surface area contributed by atoms with Crippen molar-refractivity contribution in [3.05, 3.63) is 52.7 Å². The fourth-order valence-corrected chi connectivity index (χ4v) is 3.80. The van der Waals surface area contributed by atoms with Crippen LogP contribution in [0.5, 0.6) is 0 Å². The zero-order valence-electron chi connectivity index (χ0n) is 16.2. The van der Waals surface area contributed by atoms with Gasteiger partial charge in [-0.1, -0.05) is 0 Å². The van der Waals surface area contributed by atoms with Crippen LogP contribution in [-0.4, -0.2) is 54.5 Å². The van der Waals surface area contributed by atoms with Gasteiger partial charge in [-0.25, -0.2) is 14.4 Å². The molecule has 1 amide bonds. The number of carbonyl (C=O) groups is 1. The molecule has 0 bridgehead atoms. The zero-order chi connectivity index (χ0) is 19.7. The van der Waals surface area contributed by atoms with Crippen LogP contribution in [0.4, 0.5) is 15.9 Å². The number of fused-ring (bicyclic) bond motifs is 2. The van der Waals surface area contributed by atoms with Crippen molar-refractivity contribution in [1.82, 2.24) is 20.2 Å². The molecule has 2 aromatic rings. The number of amides is 1. The first-order valence-electron chi connectivity index (χ1n) is 9.56. The minimum atomic E-state index is -0.219. The molecule has 6 nitrogen and oxygen atoms in total. The minimum absolute atomic E-state index is 0.0494. The molecule has 0 fully saturated rings. The van der Waals surface area contributed by atoms with E-state index in [4.69, 9.17) is 0 Å². The molecule has 0 saturated heterocycles. The Morgan fingerprint density at radius 2 is 2.18 bits per heavy atom. The lowest BCUT2D eigenvalue weighted by Gasteiger charge is -2.21. The highest BCUT2D eigenvalue weighted by Crippen LogP contribution is 2.38. The van der Waals surface area contributed by atoms with Crippen molar-refractivity contribution in [3.8, 4) is 0 Å². The van der Waals surface area contributed by atoms with Gasteiger partial charge in [0, 0.05) is 36.3 Å². The van der Waals surface area contributed by atoms with Gasteiger partial charge in [0.15, 0.2) is 0 Å². The van der Waals surface area contributed by atoms with Crippen LogP contribution in [0, 0.1) is 5.82 Å². The number of carbonyl (C=O) groups excluding carboxylic acids is 1. The van der Waals surface area contributed by atoms with Gasteiger partial charge in [0.05, 0.1) is 5.69 Å². The van der Waals surface area contributed by atoms with E-state index in [0.717, 1.165) is 54.3 Å². The summed E-state index contributed by atoms with van der Waals surface area (Å²) in [6.07, 6.45) is 5.58. The fourth-order valence-electron chi connectivity index (χ4n) is 3.80. The molecule has 2 aliphatic rings. The molecule has 0 spiro atoms. The Bertz CT molecular complexity index is 940. The molecule has 28 heavy (non-hydrogen) atoms. The zero-order valence-corrected chi connectivity index (χ0v) is 16.2. The van der Waals surface area contributed by atoms with Gasteiger partial charge in [-0.2, -0.15) is 0 Å². The number of anilines is 2. The SMILES string of the molecule is CN(C)CCCNC(=O)C1=Cc2ncnc(N3CCc4cc(F)ccc43)c2C1. The third kappa shape index (κ3) is 3.62. The summed E-state index contributed by atoms with van der Waals surface area (Å²) in [7, 11) is 4.03. The predicted octanol–water partition coefficient (Wildman–Crippen LogP) is 2.32. The van der Waals surface area contributed by atoms with Crippen molar-refractivity contribution < 1.29 is 9.18 Å². The lowest BCUT2D eigenvalue weighted by molar-refractivity contribution is -0.117. The minimum Gasteiger partial charge on any atom is -0.352 e. The first-order valence-corrected chi connectivity index (χ1v) is 9.56. The van der Waals surface area contributed by atoms with Crippen molar-refractivity contribution >= 4 is 23.5 Å². The standard InChI is InChI=1S/C21H24FN5O/c1-26(2)8-3-7-23-21(28)15-11-17-18(12-15)24-13-25-20(17)27-9-6-14-10-16(22)4-5-19(14)27/h4-5,10,12-13H,3,6-9,11H2,1-2H3,(H,23,28). The van der Waals surface area contributed by atoms with E-state index in [2.05, 4.69) is 25.1 Å². The number of rotatable bonds is 6. The van der Waals surface area contributed by atoms with Crippen LogP contribution >= 0.6 is 0 Å². The Balaban J connectivity index is 1.49. The van der Waals surface area contributed by atoms with E-state index in [1.165, 1.54) is 12.4 Å². The highest BCUT2D eigenvalue weighted by molar-refractivity contribution is 6.00. The van der Waals surface area contributed by atoms with E-state index in [1.54, 1.807) is 12.1 Å². The molecule has 0 saturated carbocycles. The van der Waals surface area contributed by atoms with Crippen LogP contribution in [0.1, 0.15) is 23.2 Å². The molecule has 1 aliphatic heterocycles. The van der Waals surface area contributed by atoms with Crippen LogP contribution in [-0.2, 0) is 17.6 Å². The molecule has 7 heteroatoms. The lowest BCUT2D eigenvalue weighted by Crippen LogP contribution is -2.28. The molecule has 1 aromatic heterocycles. The maximum atomic E-state index is 13.5. The summed E-state index contributed by atoms with van der Waals surface area (Å²) in [5, 5.41) is 2.99. The summed E-state index contributed by atoms with van der Waals surface area (Å²) >= 11 is 0. The maximum absolute atomic E-state index is 13.5. The smallest absolute Gasteiger partial charge is 0.247 e. The summed E-state index contributed by atoms with van der Waals surface area (Å²) in [5.74, 6) is 0.539. The predicted molar refractivity (Wildman–Crippen MR) is 107 cm³/mol. The van der Waals surface area contributed by atoms with Crippen molar-refractivity contribution in [1.29, 1.82) is 0 Å². The molecule has 0 radical (unpaired) electrons. The quantitative estimate of drug-likeness (QED) is 0.778. The number of hydrogen-bond acceptors (Lipinski definition) is 5. The summed E-state index contributed by atoms with van der Waals surface area (Å²) < 4.78 is 13.5. The highest BCUT2D eigenvalue weighted by atomic mass is 19.1. The van der Waals surface area contributed by atoms with Gasteiger partial charge in [0.25, 0.3) is 0 Å². The summed E-state index contributed by atoms with van der Waals surface area (Å²) in [5.41, 5.74) is 4.42. The fraction of sp³-hybridized carbons (Fsp3) is 0.381. The van der Waals surface area contributed by atoms with Crippen LogP contribution in [0.2, 0.25) is 0 Å². The number of halogens is 1. The number of nitrogens with one attached hydrogen (secondary N) is 1. The van der Waals surface area contributed by atoms with E-state index in [0.29, 0.717) is 18.5 Å². The first-order chi connectivity index (χ1) is 13.5. The van der Waals surface area contributed by atoms with Crippen LogP contribution in [0.15, 0.2) is 30.1 Å². The molecule has 0 unspecified atom stereocenters. The second kappa shape index (κ2) is 7.67. The summed E-state index contributed by atoms with van der Waals surface area (Å²) in [6.45, 7) is 2.33. The van der Waals surface area contributed by atoms with Gasteiger partial charge in [-0.15, -0.1) is 0 Å². The van der Waals surface area contributed by atoms with Crippen LogP contribution in [0.25, 0.3) is 6.08 Å². The van der Waals surface area contributed by atoms with Gasteiger partial charge >= 0.3 is 0 Å². The normalized spacial score (nSPS) is 14.9. The van der Waals surface area contributed by atoms with E-state index in [1.807, 2.05) is 20.2 Å². The molecule has 0 atom stereocenters. The first kappa shape index (κ1) is 18.6. The molecule has 1 aromatic carbocycles. The molecule has 1 aliphatic carbocycles. The maximum Gasteiger partial charge on any atom is 0.247 e.